The number of aryl methyl sites for hydroxylation is 1. The largest absolute Gasteiger partial charge is 0.334 e. The molecule has 7 nitrogen and oxygen atoms in total. The number of hydrogen-bond acceptors (Lipinski definition) is 7. The second-order valence-corrected chi connectivity index (χ2v) is 7.16. The van der Waals surface area contributed by atoms with Crippen molar-refractivity contribution in [2.75, 3.05) is 13.3 Å². The van der Waals surface area contributed by atoms with Crippen molar-refractivity contribution >= 4 is 28.1 Å². The van der Waals surface area contributed by atoms with Crippen LogP contribution in [0.4, 0.5) is 0 Å². The minimum absolute atomic E-state index is 0.134. The zero-order valence-corrected chi connectivity index (χ0v) is 14.9. The number of nitrogens with zero attached hydrogens (tertiary/aromatic N) is 6. The molecule has 0 amide bonds. The molecule has 0 saturated carbocycles. The highest BCUT2D eigenvalue weighted by Gasteiger charge is 2.11. The van der Waals surface area contributed by atoms with E-state index in [0.717, 1.165) is 22.4 Å². The lowest BCUT2D eigenvalue weighted by Crippen LogP contribution is -2.23. The van der Waals surface area contributed by atoms with Crippen molar-refractivity contribution in [3.63, 3.8) is 0 Å². The molecule has 0 N–H and O–H groups in total. The first-order chi connectivity index (χ1) is 11.1. The van der Waals surface area contributed by atoms with E-state index < -0.39 is 0 Å². The van der Waals surface area contributed by atoms with Crippen LogP contribution in [-0.4, -0.2) is 42.4 Å². The second kappa shape index (κ2) is 6.81. The third-order valence-electron chi connectivity index (χ3n) is 3.44. The SMILES string of the molecule is CCn1ccnc1CN(C)Cc1cc(=O)n2nc(SC)sc2n1. The van der Waals surface area contributed by atoms with E-state index in [2.05, 4.69) is 31.5 Å². The van der Waals surface area contributed by atoms with Crippen molar-refractivity contribution in [3.8, 4) is 0 Å². The summed E-state index contributed by atoms with van der Waals surface area (Å²) in [4.78, 5) is 23.8. The molecule has 0 bridgehead atoms. The molecule has 0 unspecified atom stereocenters. The number of rotatable bonds is 6. The molecule has 23 heavy (non-hydrogen) atoms. The first kappa shape index (κ1) is 16.2. The van der Waals surface area contributed by atoms with Gasteiger partial charge in [-0.1, -0.05) is 23.1 Å². The molecule has 0 aromatic carbocycles. The Labute approximate surface area is 142 Å². The minimum Gasteiger partial charge on any atom is -0.334 e. The summed E-state index contributed by atoms with van der Waals surface area (Å²) >= 11 is 2.95. The van der Waals surface area contributed by atoms with E-state index in [9.17, 15) is 4.79 Å². The standard InChI is InChI=1S/C14H18N6OS2/c1-4-19-6-5-15-11(19)9-18(2)8-10-7-12(21)20-13(16-10)23-14(17-20)22-3/h5-7H,4,8-9H2,1-3H3. The van der Waals surface area contributed by atoms with Crippen molar-refractivity contribution in [2.24, 2.45) is 0 Å². The monoisotopic (exact) mass is 350 g/mol. The molecular weight excluding hydrogens is 332 g/mol. The van der Waals surface area contributed by atoms with Gasteiger partial charge in [-0.05, 0) is 20.2 Å². The molecule has 0 aliphatic rings. The zero-order valence-electron chi connectivity index (χ0n) is 13.3. The first-order valence-electron chi connectivity index (χ1n) is 7.23. The Morgan fingerprint density at radius 2 is 2.22 bits per heavy atom. The van der Waals surface area contributed by atoms with E-state index >= 15 is 0 Å². The van der Waals surface area contributed by atoms with Crippen LogP contribution in [0.25, 0.3) is 4.96 Å². The summed E-state index contributed by atoms with van der Waals surface area (Å²) in [5, 5.41) is 4.23. The molecule has 0 atom stereocenters. The molecular formula is C14H18N6OS2. The fraction of sp³-hybridized carbons (Fsp3) is 0.429. The maximum absolute atomic E-state index is 12.2. The van der Waals surface area contributed by atoms with Crippen LogP contribution in [-0.2, 0) is 19.6 Å². The Morgan fingerprint density at radius 1 is 1.39 bits per heavy atom. The number of aromatic nitrogens is 5. The number of hydrogen-bond donors (Lipinski definition) is 0. The van der Waals surface area contributed by atoms with Gasteiger partial charge in [-0.25, -0.2) is 9.97 Å². The molecule has 122 valence electrons. The topological polar surface area (TPSA) is 68.3 Å². The van der Waals surface area contributed by atoms with E-state index in [-0.39, 0.29) is 5.56 Å². The van der Waals surface area contributed by atoms with E-state index in [1.165, 1.54) is 27.6 Å². The highest BCUT2D eigenvalue weighted by molar-refractivity contribution is 8.00. The van der Waals surface area contributed by atoms with Gasteiger partial charge < -0.3 is 4.57 Å². The summed E-state index contributed by atoms with van der Waals surface area (Å²) in [5.74, 6) is 1.01. The molecule has 0 aliphatic carbocycles. The Morgan fingerprint density at radius 3 is 2.96 bits per heavy atom. The molecule has 0 spiro atoms. The Kier molecular flexibility index (Phi) is 4.79. The maximum Gasteiger partial charge on any atom is 0.275 e. The van der Waals surface area contributed by atoms with Gasteiger partial charge in [0.1, 0.15) is 5.82 Å². The Bertz CT molecular complexity index is 868. The van der Waals surface area contributed by atoms with Gasteiger partial charge in [0, 0.05) is 31.5 Å². The van der Waals surface area contributed by atoms with Gasteiger partial charge in [0.2, 0.25) is 4.96 Å². The molecule has 9 heteroatoms. The quantitative estimate of drug-likeness (QED) is 0.631. The predicted molar refractivity (Wildman–Crippen MR) is 92.0 cm³/mol. The van der Waals surface area contributed by atoms with E-state index in [0.29, 0.717) is 18.1 Å². The van der Waals surface area contributed by atoms with Gasteiger partial charge in [-0.3, -0.25) is 9.69 Å². The molecule has 3 aromatic heterocycles. The average molecular weight is 350 g/mol. The third-order valence-corrected chi connectivity index (χ3v) is 5.32. The molecule has 0 radical (unpaired) electrons. The fourth-order valence-electron chi connectivity index (χ4n) is 2.36. The fourth-order valence-corrected chi connectivity index (χ4v) is 3.73. The summed E-state index contributed by atoms with van der Waals surface area (Å²) < 4.78 is 4.31. The van der Waals surface area contributed by atoms with E-state index in [1.54, 1.807) is 6.07 Å². The van der Waals surface area contributed by atoms with Gasteiger partial charge in [0.05, 0.1) is 12.2 Å². The van der Waals surface area contributed by atoms with Gasteiger partial charge in [0.15, 0.2) is 4.34 Å². The minimum atomic E-state index is -0.134. The van der Waals surface area contributed by atoms with Gasteiger partial charge in [-0.15, -0.1) is 5.10 Å². The third kappa shape index (κ3) is 3.46. The normalized spacial score (nSPS) is 11.7. The smallest absolute Gasteiger partial charge is 0.275 e. The van der Waals surface area contributed by atoms with Crippen molar-refractivity contribution in [1.82, 2.24) is 29.0 Å². The highest BCUT2D eigenvalue weighted by Crippen LogP contribution is 2.20. The van der Waals surface area contributed by atoms with E-state index in [4.69, 9.17) is 0 Å². The van der Waals surface area contributed by atoms with Crippen LogP contribution in [0.5, 0.6) is 0 Å². The summed E-state index contributed by atoms with van der Waals surface area (Å²) in [7, 11) is 2.00. The molecule has 0 aliphatic heterocycles. The second-order valence-electron chi connectivity index (χ2n) is 5.15. The van der Waals surface area contributed by atoms with Crippen LogP contribution >= 0.6 is 23.1 Å². The zero-order chi connectivity index (χ0) is 16.4. The summed E-state index contributed by atoms with van der Waals surface area (Å²) in [6, 6.07) is 1.56. The van der Waals surface area contributed by atoms with Crippen molar-refractivity contribution in [2.45, 2.75) is 30.9 Å². The van der Waals surface area contributed by atoms with Crippen LogP contribution in [0.3, 0.4) is 0 Å². The lowest BCUT2D eigenvalue weighted by Gasteiger charge is -2.16. The van der Waals surface area contributed by atoms with Crippen molar-refractivity contribution < 1.29 is 0 Å². The van der Waals surface area contributed by atoms with Crippen LogP contribution in [0.1, 0.15) is 18.4 Å². The van der Waals surface area contributed by atoms with Crippen LogP contribution in [0.15, 0.2) is 27.6 Å². The van der Waals surface area contributed by atoms with Gasteiger partial charge >= 0.3 is 0 Å². The summed E-state index contributed by atoms with van der Waals surface area (Å²) in [6.45, 7) is 4.29. The predicted octanol–water partition coefficient (Wildman–Crippen LogP) is 1.72. The number of fused-ring (bicyclic) bond motifs is 1. The molecule has 0 saturated heterocycles. The Hall–Kier alpha value is -1.71. The van der Waals surface area contributed by atoms with Crippen molar-refractivity contribution in [1.29, 1.82) is 0 Å². The number of imidazole rings is 1. The highest BCUT2D eigenvalue weighted by atomic mass is 32.2. The Balaban J connectivity index is 1.79. The summed E-state index contributed by atoms with van der Waals surface area (Å²) in [6.07, 6.45) is 5.72. The van der Waals surface area contributed by atoms with Crippen molar-refractivity contribution in [3.05, 3.63) is 40.3 Å². The van der Waals surface area contributed by atoms with Gasteiger partial charge in [-0.2, -0.15) is 4.52 Å². The molecule has 0 fully saturated rings. The lowest BCUT2D eigenvalue weighted by molar-refractivity contribution is 0.302. The lowest BCUT2D eigenvalue weighted by atomic mass is 10.3. The molecule has 3 rings (SSSR count). The maximum atomic E-state index is 12.2. The van der Waals surface area contributed by atoms with Crippen LogP contribution in [0, 0.1) is 0 Å². The average Bonchev–Trinajstić information content (AvgIpc) is 3.13. The van der Waals surface area contributed by atoms with Crippen LogP contribution in [0.2, 0.25) is 0 Å². The molecule has 3 aromatic rings. The van der Waals surface area contributed by atoms with Crippen LogP contribution < -0.4 is 5.56 Å². The molecule has 3 heterocycles. The number of thioether (sulfide) groups is 1. The van der Waals surface area contributed by atoms with Gasteiger partial charge in [0.25, 0.3) is 5.56 Å². The summed E-state index contributed by atoms with van der Waals surface area (Å²) in [5.41, 5.74) is 0.619. The van der Waals surface area contributed by atoms with E-state index in [1.807, 2.05) is 25.7 Å². The first-order valence-corrected chi connectivity index (χ1v) is 9.27.